The molecule has 0 heterocycles. The van der Waals surface area contributed by atoms with E-state index < -0.39 is 9.84 Å². The summed E-state index contributed by atoms with van der Waals surface area (Å²) in [5.74, 6) is -0.389. The molecule has 0 saturated carbocycles. The van der Waals surface area contributed by atoms with Crippen LogP contribution in [0.3, 0.4) is 0 Å². The predicted molar refractivity (Wildman–Crippen MR) is 51.0 cm³/mol. The molecule has 0 aliphatic carbocycles. The first-order valence-electron chi connectivity index (χ1n) is 4.01. The minimum absolute atomic E-state index is 0.00551. The number of rotatable bonds is 5. The van der Waals surface area contributed by atoms with E-state index in [-0.39, 0.29) is 24.1 Å². The van der Waals surface area contributed by atoms with Gasteiger partial charge in [-0.05, 0) is 6.92 Å². The molecule has 0 rings (SSSR count). The molecule has 0 bridgehead atoms. The Morgan fingerprint density at radius 3 is 2.46 bits per heavy atom. The number of amides is 1. The Morgan fingerprint density at radius 1 is 1.54 bits per heavy atom. The van der Waals surface area contributed by atoms with Crippen LogP contribution in [0.4, 0.5) is 0 Å². The smallest absolute Gasteiger partial charge is 0.221 e. The molecule has 3 N–H and O–H groups in total. The lowest BCUT2D eigenvalue weighted by Gasteiger charge is -2.06. The summed E-state index contributed by atoms with van der Waals surface area (Å²) in [6.45, 7) is 2.14. The average molecular weight is 208 g/mol. The SMILES string of the molecule is CC(N)CNC(=O)CCS(C)(=O)=O. The third kappa shape index (κ3) is 9.29. The molecule has 0 spiro atoms. The highest BCUT2D eigenvalue weighted by atomic mass is 32.2. The van der Waals surface area contributed by atoms with Gasteiger partial charge < -0.3 is 11.1 Å². The van der Waals surface area contributed by atoms with Crippen LogP contribution in [-0.4, -0.2) is 38.9 Å². The second kappa shape index (κ2) is 5.18. The summed E-state index contributed by atoms with van der Waals surface area (Å²) < 4.78 is 21.3. The Hall–Kier alpha value is -0.620. The van der Waals surface area contributed by atoms with Crippen LogP contribution in [0.2, 0.25) is 0 Å². The fourth-order valence-corrected chi connectivity index (χ4v) is 1.20. The van der Waals surface area contributed by atoms with Gasteiger partial charge in [-0.2, -0.15) is 0 Å². The third-order valence-electron chi connectivity index (χ3n) is 1.32. The molecule has 0 aromatic rings. The van der Waals surface area contributed by atoms with Crippen molar-refractivity contribution < 1.29 is 13.2 Å². The lowest BCUT2D eigenvalue weighted by molar-refractivity contribution is -0.120. The summed E-state index contributed by atoms with van der Waals surface area (Å²) >= 11 is 0. The molecule has 1 atom stereocenters. The maximum Gasteiger partial charge on any atom is 0.221 e. The Bertz CT molecular complexity index is 259. The first-order valence-corrected chi connectivity index (χ1v) is 6.07. The van der Waals surface area contributed by atoms with E-state index >= 15 is 0 Å². The van der Waals surface area contributed by atoms with Gasteiger partial charge in [0.1, 0.15) is 9.84 Å². The van der Waals surface area contributed by atoms with E-state index in [1.807, 2.05) is 0 Å². The number of hydrogen-bond donors (Lipinski definition) is 2. The van der Waals surface area contributed by atoms with Gasteiger partial charge in [0.15, 0.2) is 0 Å². The van der Waals surface area contributed by atoms with E-state index in [0.29, 0.717) is 6.54 Å². The van der Waals surface area contributed by atoms with Gasteiger partial charge in [-0.25, -0.2) is 8.42 Å². The van der Waals surface area contributed by atoms with E-state index in [9.17, 15) is 13.2 Å². The molecular formula is C7H16N2O3S. The Balaban J connectivity index is 3.65. The highest BCUT2D eigenvalue weighted by Gasteiger charge is 2.07. The van der Waals surface area contributed by atoms with Gasteiger partial charge in [0.2, 0.25) is 5.91 Å². The van der Waals surface area contributed by atoms with Crippen molar-refractivity contribution in [1.29, 1.82) is 0 Å². The molecule has 0 fully saturated rings. The highest BCUT2D eigenvalue weighted by Crippen LogP contribution is 1.88. The van der Waals surface area contributed by atoms with Crippen molar-refractivity contribution in [2.75, 3.05) is 18.6 Å². The van der Waals surface area contributed by atoms with Crippen LogP contribution in [0.1, 0.15) is 13.3 Å². The predicted octanol–water partition coefficient (Wildman–Crippen LogP) is -1.12. The molecule has 0 aliphatic rings. The maximum atomic E-state index is 11.0. The van der Waals surface area contributed by atoms with Crippen LogP contribution in [-0.2, 0) is 14.6 Å². The first-order chi connectivity index (χ1) is 5.81. The zero-order valence-electron chi connectivity index (χ0n) is 7.91. The summed E-state index contributed by atoms with van der Waals surface area (Å²) in [5, 5.41) is 2.53. The highest BCUT2D eigenvalue weighted by molar-refractivity contribution is 7.90. The van der Waals surface area contributed by atoms with Crippen molar-refractivity contribution in [2.45, 2.75) is 19.4 Å². The van der Waals surface area contributed by atoms with Crippen LogP contribution in [0.5, 0.6) is 0 Å². The van der Waals surface area contributed by atoms with E-state index in [0.717, 1.165) is 6.26 Å². The van der Waals surface area contributed by atoms with Gasteiger partial charge in [-0.3, -0.25) is 4.79 Å². The topological polar surface area (TPSA) is 89.3 Å². The van der Waals surface area contributed by atoms with Crippen LogP contribution in [0, 0.1) is 0 Å². The molecule has 0 aliphatic heterocycles. The van der Waals surface area contributed by atoms with Crippen molar-refractivity contribution in [1.82, 2.24) is 5.32 Å². The summed E-state index contributed by atoms with van der Waals surface area (Å²) in [6, 6.07) is -0.109. The van der Waals surface area contributed by atoms with E-state index in [1.54, 1.807) is 6.92 Å². The molecule has 5 nitrogen and oxygen atoms in total. The van der Waals surface area contributed by atoms with Gasteiger partial charge in [-0.1, -0.05) is 0 Å². The zero-order chi connectivity index (χ0) is 10.5. The maximum absolute atomic E-state index is 11.0. The molecule has 1 unspecified atom stereocenters. The number of carbonyl (C=O) groups excluding carboxylic acids is 1. The number of sulfone groups is 1. The molecule has 0 saturated heterocycles. The van der Waals surface area contributed by atoms with Crippen molar-refractivity contribution in [2.24, 2.45) is 5.73 Å². The van der Waals surface area contributed by atoms with Crippen molar-refractivity contribution >= 4 is 15.7 Å². The molecular weight excluding hydrogens is 192 g/mol. The number of hydrogen-bond acceptors (Lipinski definition) is 4. The summed E-state index contributed by atoms with van der Waals surface area (Å²) in [5.41, 5.74) is 5.39. The van der Waals surface area contributed by atoms with Crippen molar-refractivity contribution in [3.8, 4) is 0 Å². The Kier molecular flexibility index (Phi) is 4.94. The first kappa shape index (κ1) is 12.4. The summed E-state index contributed by atoms with van der Waals surface area (Å²) in [4.78, 5) is 11.0. The second-order valence-electron chi connectivity index (χ2n) is 3.16. The van der Waals surface area contributed by atoms with E-state index in [4.69, 9.17) is 5.73 Å². The Labute approximate surface area is 78.6 Å². The van der Waals surface area contributed by atoms with Crippen LogP contribution < -0.4 is 11.1 Å². The molecule has 1 amide bonds. The van der Waals surface area contributed by atoms with Gasteiger partial charge >= 0.3 is 0 Å². The standard InChI is InChI=1S/C7H16N2O3S/c1-6(8)5-9-7(10)3-4-13(2,11)12/h6H,3-5,8H2,1-2H3,(H,9,10). The quantitative estimate of drug-likeness (QED) is 0.599. The van der Waals surface area contributed by atoms with Crippen molar-refractivity contribution in [3.05, 3.63) is 0 Å². The lowest BCUT2D eigenvalue weighted by atomic mass is 10.3. The van der Waals surface area contributed by atoms with Gasteiger partial charge in [-0.15, -0.1) is 0 Å². The zero-order valence-corrected chi connectivity index (χ0v) is 8.73. The van der Waals surface area contributed by atoms with Gasteiger partial charge in [0.25, 0.3) is 0 Å². The van der Waals surface area contributed by atoms with Crippen LogP contribution in [0.15, 0.2) is 0 Å². The van der Waals surface area contributed by atoms with Gasteiger partial charge in [0, 0.05) is 25.3 Å². The summed E-state index contributed by atoms with van der Waals surface area (Å²) in [6.07, 6.45) is 1.11. The molecule has 0 radical (unpaired) electrons. The van der Waals surface area contributed by atoms with E-state index in [2.05, 4.69) is 5.32 Å². The minimum Gasteiger partial charge on any atom is -0.355 e. The monoisotopic (exact) mass is 208 g/mol. The largest absolute Gasteiger partial charge is 0.355 e. The number of nitrogens with one attached hydrogen (secondary N) is 1. The lowest BCUT2D eigenvalue weighted by Crippen LogP contribution is -2.35. The Morgan fingerprint density at radius 2 is 2.08 bits per heavy atom. The fraction of sp³-hybridized carbons (Fsp3) is 0.857. The average Bonchev–Trinajstić information content (AvgIpc) is 1.95. The summed E-state index contributed by atoms with van der Waals surface area (Å²) in [7, 11) is -3.05. The van der Waals surface area contributed by atoms with Crippen LogP contribution in [0.25, 0.3) is 0 Å². The molecule has 6 heteroatoms. The molecule has 13 heavy (non-hydrogen) atoms. The minimum atomic E-state index is -3.05. The van der Waals surface area contributed by atoms with Crippen molar-refractivity contribution in [3.63, 3.8) is 0 Å². The molecule has 78 valence electrons. The third-order valence-corrected chi connectivity index (χ3v) is 2.27. The normalized spacial score (nSPS) is 13.8. The number of nitrogens with two attached hydrogens (primary N) is 1. The fourth-order valence-electron chi connectivity index (χ4n) is 0.641. The van der Waals surface area contributed by atoms with E-state index in [1.165, 1.54) is 0 Å². The molecule has 0 aromatic heterocycles. The molecule has 0 aromatic carbocycles. The second-order valence-corrected chi connectivity index (χ2v) is 5.42. The number of carbonyl (C=O) groups is 1. The van der Waals surface area contributed by atoms with Gasteiger partial charge in [0.05, 0.1) is 5.75 Å². The van der Waals surface area contributed by atoms with Crippen LogP contribution >= 0.6 is 0 Å².